The molecule has 1 radical (unpaired) electrons. The molecule has 0 saturated carbocycles. The van der Waals surface area contributed by atoms with Gasteiger partial charge in [0.05, 0.1) is 5.56 Å². The molecule has 1 nitrogen and oxygen atoms in total. The van der Waals surface area contributed by atoms with Crippen LogP contribution in [0.15, 0.2) is 29.6 Å². The van der Waals surface area contributed by atoms with Crippen molar-refractivity contribution in [1.82, 2.24) is 4.98 Å². The van der Waals surface area contributed by atoms with E-state index in [0.29, 0.717) is 5.01 Å². The molecule has 77 valence electrons. The first-order valence-corrected chi connectivity index (χ1v) is 4.95. The van der Waals surface area contributed by atoms with Crippen LogP contribution < -0.4 is 0 Å². The Morgan fingerprint density at radius 1 is 1.20 bits per heavy atom. The van der Waals surface area contributed by atoms with Crippen LogP contribution in [0.3, 0.4) is 0 Å². The summed E-state index contributed by atoms with van der Waals surface area (Å²) in [5.74, 6) is 0. The molecule has 15 heavy (non-hydrogen) atoms. The van der Waals surface area contributed by atoms with E-state index in [1.54, 1.807) is 6.07 Å². The molecule has 0 aliphatic rings. The normalized spacial score (nSPS) is 11.7. The number of halogens is 3. The number of nitrogens with zero attached hydrogens (tertiary/aromatic N) is 1. The van der Waals surface area contributed by atoms with Crippen molar-refractivity contribution in [1.29, 1.82) is 0 Å². The number of thiazole rings is 1. The van der Waals surface area contributed by atoms with Crippen LogP contribution in [0, 0.1) is 6.20 Å². The average molecular weight is 228 g/mol. The Morgan fingerprint density at radius 3 is 2.53 bits per heavy atom. The van der Waals surface area contributed by atoms with Crippen LogP contribution >= 0.6 is 11.3 Å². The van der Waals surface area contributed by atoms with E-state index in [2.05, 4.69) is 11.2 Å². The van der Waals surface area contributed by atoms with Crippen LogP contribution in [0.25, 0.3) is 10.6 Å². The van der Waals surface area contributed by atoms with Crippen LogP contribution in [0.4, 0.5) is 13.2 Å². The van der Waals surface area contributed by atoms with Crippen molar-refractivity contribution < 1.29 is 13.2 Å². The minimum absolute atomic E-state index is 0.108. The summed E-state index contributed by atoms with van der Waals surface area (Å²) >= 11 is 1.14. The molecule has 0 spiro atoms. The van der Waals surface area contributed by atoms with Crippen molar-refractivity contribution in [2.75, 3.05) is 0 Å². The van der Waals surface area contributed by atoms with Gasteiger partial charge in [0.1, 0.15) is 11.2 Å². The zero-order chi connectivity index (χ0) is 10.9. The number of benzene rings is 1. The SMILES string of the molecule is FC(F)(F)c1ccccc1-c1n[c]cs1. The van der Waals surface area contributed by atoms with E-state index >= 15 is 0 Å². The van der Waals surface area contributed by atoms with E-state index in [1.807, 2.05) is 0 Å². The van der Waals surface area contributed by atoms with Crippen molar-refractivity contribution in [3.63, 3.8) is 0 Å². The average Bonchev–Trinajstić information content (AvgIpc) is 2.69. The topological polar surface area (TPSA) is 12.9 Å². The van der Waals surface area contributed by atoms with Gasteiger partial charge in [-0.25, -0.2) is 4.98 Å². The maximum atomic E-state index is 12.6. The van der Waals surface area contributed by atoms with Gasteiger partial charge in [0, 0.05) is 10.9 Å². The van der Waals surface area contributed by atoms with Gasteiger partial charge in [0.15, 0.2) is 0 Å². The first-order chi connectivity index (χ1) is 7.09. The molecule has 2 aromatic rings. The standard InChI is InChI=1S/C10H5F3NS/c11-10(12,13)8-4-2-1-3-7(8)9-14-5-6-15-9/h1-4,6H. The van der Waals surface area contributed by atoms with Crippen LogP contribution in [0.5, 0.6) is 0 Å². The molecule has 0 atom stereocenters. The van der Waals surface area contributed by atoms with Gasteiger partial charge >= 0.3 is 6.18 Å². The summed E-state index contributed by atoms with van der Waals surface area (Å²) in [6, 6.07) is 5.39. The molecule has 0 aliphatic heterocycles. The molecule has 0 saturated heterocycles. The van der Waals surface area contributed by atoms with Crippen molar-refractivity contribution in [2.24, 2.45) is 0 Å². The highest BCUT2D eigenvalue weighted by Gasteiger charge is 2.33. The van der Waals surface area contributed by atoms with Crippen LogP contribution in [0.1, 0.15) is 5.56 Å². The maximum absolute atomic E-state index is 12.6. The zero-order valence-corrected chi connectivity index (χ0v) is 8.19. The maximum Gasteiger partial charge on any atom is 0.417 e. The molecule has 1 aromatic heterocycles. The lowest BCUT2D eigenvalue weighted by molar-refractivity contribution is -0.137. The summed E-state index contributed by atoms with van der Waals surface area (Å²) < 4.78 is 37.8. The number of alkyl halides is 3. The first kappa shape index (κ1) is 10.2. The van der Waals surface area contributed by atoms with Gasteiger partial charge in [-0.2, -0.15) is 13.2 Å². The molecule has 5 heteroatoms. The minimum atomic E-state index is -4.34. The Hall–Kier alpha value is -1.36. The third kappa shape index (κ3) is 2.02. The minimum Gasteiger partial charge on any atom is -0.234 e. The molecule has 0 amide bonds. The number of rotatable bonds is 1. The molecule has 0 aliphatic carbocycles. The Balaban J connectivity index is 2.58. The molecule has 0 N–H and O–H groups in total. The van der Waals surface area contributed by atoms with E-state index in [1.165, 1.54) is 17.5 Å². The highest BCUT2D eigenvalue weighted by atomic mass is 32.1. The summed E-state index contributed by atoms with van der Waals surface area (Å²) in [4.78, 5) is 3.75. The summed E-state index contributed by atoms with van der Waals surface area (Å²) in [7, 11) is 0. The van der Waals surface area contributed by atoms with Gasteiger partial charge in [-0.15, -0.1) is 11.3 Å². The predicted octanol–water partition coefficient (Wildman–Crippen LogP) is 3.63. The molecule has 0 unspecified atom stereocenters. The summed E-state index contributed by atoms with van der Waals surface area (Å²) in [5, 5.41) is 1.87. The van der Waals surface area contributed by atoms with Gasteiger partial charge in [-0.3, -0.25) is 0 Å². The van der Waals surface area contributed by atoms with Gasteiger partial charge < -0.3 is 0 Å². The van der Waals surface area contributed by atoms with E-state index in [0.717, 1.165) is 17.4 Å². The first-order valence-electron chi connectivity index (χ1n) is 4.07. The lowest BCUT2D eigenvalue weighted by Crippen LogP contribution is -2.06. The monoisotopic (exact) mass is 228 g/mol. The van der Waals surface area contributed by atoms with Crippen molar-refractivity contribution in [2.45, 2.75) is 6.18 Å². The fourth-order valence-electron chi connectivity index (χ4n) is 1.23. The molecule has 1 aromatic carbocycles. The third-order valence-corrected chi connectivity index (χ3v) is 2.61. The fourth-order valence-corrected chi connectivity index (χ4v) is 1.86. The number of aromatic nitrogens is 1. The number of hydrogen-bond acceptors (Lipinski definition) is 2. The van der Waals surface area contributed by atoms with Gasteiger partial charge in [-0.05, 0) is 6.07 Å². The van der Waals surface area contributed by atoms with E-state index in [-0.39, 0.29) is 5.56 Å². The predicted molar refractivity (Wildman–Crippen MR) is 51.4 cm³/mol. The number of hydrogen-bond donors (Lipinski definition) is 0. The molecule has 1 heterocycles. The molecule has 0 bridgehead atoms. The van der Waals surface area contributed by atoms with E-state index < -0.39 is 11.7 Å². The van der Waals surface area contributed by atoms with Crippen molar-refractivity contribution in [3.05, 3.63) is 41.4 Å². The summed E-state index contributed by atoms with van der Waals surface area (Å²) in [6.45, 7) is 0. The van der Waals surface area contributed by atoms with Gasteiger partial charge in [-0.1, -0.05) is 18.2 Å². The largest absolute Gasteiger partial charge is 0.417 e. The van der Waals surface area contributed by atoms with Gasteiger partial charge in [0.2, 0.25) is 0 Å². The second kappa shape index (κ2) is 3.66. The molecule has 0 fully saturated rings. The second-order valence-corrected chi connectivity index (χ2v) is 3.68. The van der Waals surface area contributed by atoms with Crippen LogP contribution in [-0.4, -0.2) is 4.98 Å². The third-order valence-electron chi connectivity index (χ3n) is 1.85. The summed E-state index contributed by atoms with van der Waals surface area (Å²) in [6.07, 6.45) is -1.84. The quantitative estimate of drug-likeness (QED) is 0.726. The van der Waals surface area contributed by atoms with Crippen LogP contribution in [0.2, 0.25) is 0 Å². The Labute approximate surface area is 88.2 Å². The van der Waals surface area contributed by atoms with Crippen molar-refractivity contribution in [3.8, 4) is 10.6 Å². The molecule has 2 rings (SSSR count). The highest BCUT2D eigenvalue weighted by Crippen LogP contribution is 2.37. The Bertz CT molecular complexity index is 448. The van der Waals surface area contributed by atoms with Crippen LogP contribution in [-0.2, 0) is 6.18 Å². The smallest absolute Gasteiger partial charge is 0.234 e. The second-order valence-electron chi connectivity index (χ2n) is 2.83. The molecular weight excluding hydrogens is 223 g/mol. The van der Waals surface area contributed by atoms with E-state index in [9.17, 15) is 13.2 Å². The zero-order valence-electron chi connectivity index (χ0n) is 7.38. The Morgan fingerprint density at radius 2 is 1.93 bits per heavy atom. The Kier molecular flexibility index (Phi) is 2.48. The highest BCUT2D eigenvalue weighted by molar-refractivity contribution is 7.13. The fraction of sp³-hybridized carbons (Fsp3) is 0.100. The lowest BCUT2D eigenvalue weighted by Gasteiger charge is -2.10. The van der Waals surface area contributed by atoms with Gasteiger partial charge in [0.25, 0.3) is 0 Å². The summed E-state index contributed by atoms with van der Waals surface area (Å²) in [5.41, 5.74) is -0.551. The lowest BCUT2D eigenvalue weighted by atomic mass is 10.1. The van der Waals surface area contributed by atoms with Crippen molar-refractivity contribution >= 4 is 11.3 Å². The molecular formula is C10H5F3NS. The van der Waals surface area contributed by atoms with E-state index in [4.69, 9.17) is 0 Å².